The van der Waals surface area contributed by atoms with Crippen molar-refractivity contribution in [1.82, 2.24) is 4.90 Å². The zero-order valence-corrected chi connectivity index (χ0v) is 10.4. The molecule has 1 aromatic carbocycles. The molecule has 94 valence electrons. The van der Waals surface area contributed by atoms with Crippen LogP contribution in [0.4, 0.5) is 0 Å². The summed E-state index contributed by atoms with van der Waals surface area (Å²) in [6, 6.07) is 13.3. The van der Waals surface area contributed by atoms with Crippen LogP contribution in [0, 0.1) is 17.2 Å². The lowest BCUT2D eigenvalue weighted by Crippen LogP contribution is -2.44. The van der Waals surface area contributed by atoms with Crippen LogP contribution in [0.3, 0.4) is 0 Å². The number of rotatable bonds is 2. The van der Waals surface area contributed by atoms with Crippen molar-refractivity contribution < 1.29 is 5.11 Å². The van der Waals surface area contributed by atoms with E-state index in [4.69, 9.17) is 5.26 Å². The summed E-state index contributed by atoms with van der Waals surface area (Å²) in [5.74, 6) is 0.129. The van der Waals surface area contributed by atoms with Crippen LogP contribution in [-0.4, -0.2) is 28.2 Å². The van der Waals surface area contributed by atoms with Gasteiger partial charge in [-0.15, -0.1) is 0 Å². The summed E-state index contributed by atoms with van der Waals surface area (Å²) in [4.78, 5) is 2.40. The second kappa shape index (κ2) is 4.72. The lowest BCUT2D eigenvalue weighted by Gasteiger charge is -2.37. The molecule has 0 spiro atoms. The third-order valence-corrected chi connectivity index (χ3v) is 4.33. The summed E-state index contributed by atoms with van der Waals surface area (Å²) in [6.45, 7) is 0.894. The Kier molecular flexibility index (Phi) is 3.07. The molecule has 0 aliphatic carbocycles. The molecule has 1 N–H and O–H groups in total. The minimum Gasteiger partial charge on any atom is -0.391 e. The number of fused-ring (bicyclic) bond motifs is 2. The van der Waals surface area contributed by atoms with Crippen molar-refractivity contribution in [2.24, 2.45) is 5.92 Å². The Labute approximate surface area is 108 Å². The second-order valence-corrected chi connectivity index (χ2v) is 5.48. The van der Waals surface area contributed by atoms with E-state index in [0.29, 0.717) is 6.04 Å². The van der Waals surface area contributed by atoms with Crippen LogP contribution in [0.25, 0.3) is 0 Å². The van der Waals surface area contributed by atoms with E-state index in [0.717, 1.165) is 25.8 Å². The predicted octanol–water partition coefficient (Wildman–Crippen LogP) is 1.92. The maximum atomic E-state index is 10.1. The van der Waals surface area contributed by atoms with E-state index >= 15 is 0 Å². The molecular formula is C15H18N2O. The largest absolute Gasteiger partial charge is 0.391 e. The van der Waals surface area contributed by atoms with Crippen molar-refractivity contribution in [3.05, 3.63) is 35.9 Å². The zero-order chi connectivity index (χ0) is 12.5. The molecule has 0 amide bonds. The van der Waals surface area contributed by atoms with Crippen molar-refractivity contribution in [1.29, 1.82) is 5.26 Å². The molecule has 3 heteroatoms. The van der Waals surface area contributed by atoms with Crippen LogP contribution in [0.5, 0.6) is 0 Å². The molecule has 2 saturated heterocycles. The fraction of sp³-hybridized carbons (Fsp3) is 0.533. The molecule has 4 unspecified atom stereocenters. The van der Waals surface area contributed by atoms with Crippen LogP contribution in [0.15, 0.2) is 30.3 Å². The van der Waals surface area contributed by atoms with Crippen LogP contribution < -0.4 is 0 Å². The average Bonchev–Trinajstić information content (AvgIpc) is 2.59. The molecule has 2 heterocycles. The van der Waals surface area contributed by atoms with Crippen molar-refractivity contribution in [3.63, 3.8) is 0 Å². The van der Waals surface area contributed by atoms with E-state index < -0.39 is 0 Å². The number of nitrogens with zero attached hydrogens (tertiary/aromatic N) is 2. The van der Waals surface area contributed by atoms with Gasteiger partial charge < -0.3 is 5.11 Å². The number of nitriles is 1. The molecule has 2 fully saturated rings. The van der Waals surface area contributed by atoms with Crippen molar-refractivity contribution in [2.75, 3.05) is 0 Å². The maximum absolute atomic E-state index is 10.1. The Hall–Kier alpha value is -1.37. The molecule has 3 nitrogen and oxygen atoms in total. The molecule has 2 bridgehead atoms. The lowest BCUT2D eigenvalue weighted by atomic mass is 9.91. The van der Waals surface area contributed by atoms with Crippen LogP contribution >= 0.6 is 0 Å². The molecule has 0 radical (unpaired) electrons. The topological polar surface area (TPSA) is 47.3 Å². The van der Waals surface area contributed by atoms with Crippen LogP contribution in [-0.2, 0) is 6.54 Å². The lowest BCUT2D eigenvalue weighted by molar-refractivity contribution is 0.0660. The van der Waals surface area contributed by atoms with Gasteiger partial charge in [-0.1, -0.05) is 30.3 Å². The third-order valence-electron chi connectivity index (χ3n) is 4.33. The Morgan fingerprint density at radius 2 is 2.00 bits per heavy atom. The van der Waals surface area contributed by atoms with E-state index in [9.17, 15) is 5.11 Å². The van der Waals surface area contributed by atoms with Gasteiger partial charge >= 0.3 is 0 Å². The summed E-state index contributed by atoms with van der Waals surface area (Å²) >= 11 is 0. The van der Waals surface area contributed by atoms with Crippen LogP contribution in [0.2, 0.25) is 0 Å². The molecule has 0 aromatic heterocycles. The summed E-state index contributed by atoms with van der Waals surface area (Å²) < 4.78 is 0. The van der Waals surface area contributed by atoms with E-state index in [-0.39, 0.29) is 18.1 Å². The van der Waals surface area contributed by atoms with Gasteiger partial charge in [0.15, 0.2) is 0 Å². The Morgan fingerprint density at radius 3 is 2.67 bits per heavy atom. The quantitative estimate of drug-likeness (QED) is 0.862. The maximum Gasteiger partial charge on any atom is 0.0711 e. The number of aliphatic hydroxyl groups is 1. The third kappa shape index (κ3) is 2.03. The smallest absolute Gasteiger partial charge is 0.0711 e. The first-order valence-electron chi connectivity index (χ1n) is 6.65. The summed E-state index contributed by atoms with van der Waals surface area (Å²) in [5.41, 5.74) is 1.29. The van der Waals surface area contributed by atoms with Crippen molar-refractivity contribution >= 4 is 0 Å². The molecular weight excluding hydrogens is 224 g/mol. The van der Waals surface area contributed by atoms with Crippen LogP contribution in [0.1, 0.15) is 24.8 Å². The van der Waals surface area contributed by atoms with E-state index in [2.05, 4.69) is 35.2 Å². The van der Waals surface area contributed by atoms with Gasteiger partial charge in [0.05, 0.1) is 12.2 Å². The fourth-order valence-electron chi connectivity index (χ4n) is 3.45. The average molecular weight is 242 g/mol. The minimum absolute atomic E-state index is 0.129. The Bertz CT molecular complexity index is 453. The summed E-state index contributed by atoms with van der Waals surface area (Å²) in [6.07, 6.45) is 2.31. The first-order chi connectivity index (χ1) is 8.78. The van der Waals surface area contributed by atoms with E-state index in [1.165, 1.54) is 5.56 Å². The minimum atomic E-state index is -0.253. The van der Waals surface area contributed by atoms with E-state index in [1.54, 1.807) is 0 Å². The number of hydrogen-bond acceptors (Lipinski definition) is 3. The highest BCUT2D eigenvalue weighted by Crippen LogP contribution is 2.39. The Morgan fingerprint density at radius 1 is 1.22 bits per heavy atom. The number of piperidine rings is 1. The van der Waals surface area contributed by atoms with Crippen molar-refractivity contribution in [2.45, 2.75) is 44.0 Å². The number of benzene rings is 1. The zero-order valence-electron chi connectivity index (χ0n) is 10.4. The first-order valence-corrected chi connectivity index (χ1v) is 6.65. The van der Waals surface area contributed by atoms with Gasteiger partial charge in [0.2, 0.25) is 0 Å². The SMILES string of the molecule is N#CC1CC2CC(O)C(C1)N2Cc1ccccc1. The van der Waals surface area contributed by atoms with Gasteiger partial charge in [0.25, 0.3) is 0 Å². The van der Waals surface area contributed by atoms with Gasteiger partial charge in [-0.2, -0.15) is 5.26 Å². The Balaban J connectivity index is 1.76. The molecule has 0 saturated carbocycles. The summed E-state index contributed by atoms with van der Waals surface area (Å²) in [7, 11) is 0. The molecule has 3 rings (SSSR count). The predicted molar refractivity (Wildman–Crippen MR) is 68.5 cm³/mol. The fourth-order valence-corrected chi connectivity index (χ4v) is 3.45. The van der Waals surface area contributed by atoms with Gasteiger partial charge in [-0.3, -0.25) is 4.90 Å². The molecule has 4 atom stereocenters. The highest BCUT2D eigenvalue weighted by molar-refractivity contribution is 5.16. The first kappa shape index (κ1) is 11.7. The molecule has 2 aliphatic heterocycles. The molecule has 18 heavy (non-hydrogen) atoms. The molecule has 2 aliphatic rings. The van der Waals surface area contributed by atoms with Gasteiger partial charge in [0.1, 0.15) is 0 Å². The highest BCUT2D eigenvalue weighted by atomic mass is 16.3. The second-order valence-electron chi connectivity index (χ2n) is 5.48. The highest BCUT2D eigenvalue weighted by Gasteiger charge is 2.45. The van der Waals surface area contributed by atoms with E-state index in [1.807, 2.05) is 6.07 Å². The monoisotopic (exact) mass is 242 g/mol. The standard InChI is InChI=1S/C15H18N2O/c16-9-12-6-13-8-15(18)14(7-12)17(13)10-11-4-2-1-3-5-11/h1-5,12-15,18H,6-8,10H2. The van der Waals surface area contributed by atoms with Gasteiger partial charge in [-0.25, -0.2) is 0 Å². The van der Waals surface area contributed by atoms with Crippen molar-refractivity contribution in [3.8, 4) is 6.07 Å². The normalized spacial score (nSPS) is 35.3. The van der Waals surface area contributed by atoms with Gasteiger partial charge in [0, 0.05) is 24.5 Å². The number of aliphatic hydroxyl groups excluding tert-OH is 1. The molecule has 1 aromatic rings. The van der Waals surface area contributed by atoms with Gasteiger partial charge in [-0.05, 0) is 24.8 Å². The number of hydrogen-bond donors (Lipinski definition) is 1. The summed E-state index contributed by atoms with van der Waals surface area (Å²) in [5, 5.41) is 19.2.